The van der Waals surface area contributed by atoms with E-state index in [1.807, 2.05) is 46.8 Å². The van der Waals surface area contributed by atoms with E-state index >= 15 is 0 Å². The van der Waals surface area contributed by atoms with Gasteiger partial charge < -0.3 is 15.1 Å². The van der Waals surface area contributed by atoms with E-state index in [0.717, 1.165) is 55.2 Å². The third-order valence-corrected chi connectivity index (χ3v) is 6.21. The molecule has 6 nitrogen and oxygen atoms in total. The van der Waals surface area contributed by atoms with Gasteiger partial charge in [-0.1, -0.05) is 18.2 Å². The number of carbonyl (C=O) groups excluding carboxylic acids is 1. The standard InChI is InChI=1S/C21H29N5O/c1-16-19(17(2)26(23-16)18-7-5-4-6-8-18)13-22-20(27)25-12-10-21(15-25)9-11-24(3)14-21/h4-8H,9-15H2,1-3H3,(H,22,27). The lowest BCUT2D eigenvalue weighted by Gasteiger charge is -2.24. The van der Waals surface area contributed by atoms with Gasteiger partial charge >= 0.3 is 6.03 Å². The van der Waals surface area contributed by atoms with E-state index < -0.39 is 0 Å². The maximum atomic E-state index is 12.7. The fourth-order valence-corrected chi connectivity index (χ4v) is 4.63. The van der Waals surface area contributed by atoms with Crippen LogP contribution in [0.4, 0.5) is 4.79 Å². The first-order valence-corrected chi connectivity index (χ1v) is 9.79. The van der Waals surface area contributed by atoms with Crippen LogP contribution >= 0.6 is 0 Å². The summed E-state index contributed by atoms with van der Waals surface area (Å²) in [5.41, 5.74) is 4.50. The van der Waals surface area contributed by atoms with E-state index in [0.29, 0.717) is 12.0 Å². The van der Waals surface area contributed by atoms with Crippen LogP contribution in [-0.2, 0) is 6.54 Å². The van der Waals surface area contributed by atoms with Crippen molar-refractivity contribution in [2.45, 2.75) is 33.2 Å². The molecule has 2 aliphatic rings. The molecule has 6 heteroatoms. The lowest BCUT2D eigenvalue weighted by molar-refractivity contribution is 0.199. The number of benzene rings is 1. The van der Waals surface area contributed by atoms with Crippen molar-refractivity contribution in [3.8, 4) is 5.69 Å². The molecule has 2 amide bonds. The number of likely N-dealkylation sites (tertiary alicyclic amines) is 2. The molecular formula is C21H29N5O. The highest BCUT2D eigenvalue weighted by molar-refractivity contribution is 5.74. The number of nitrogens with one attached hydrogen (secondary N) is 1. The second-order valence-corrected chi connectivity index (χ2v) is 8.21. The minimum Gasteiger partial charge on any atom is -0.334 e. The Morgan fingerprint density at radius 1 is 1.15 bits per heavy atom. The Bertz CT molecular complexity index is 831. The van der Waals surface area contributed by atoms with Crippen LogP contribution in [0.25, 0.3) is 5.69 Å². The second-order valence-electron chi connectivity index (χ2n) is 8.21. The number of nitrogens with zero attached hydrogens (tertiary/aromatic N) is 4. The molecule has 0 aliphatic carbocycles. The van der Waals surface area contributed by atoms with Crippen LogP contribution < -0.4 is 5.32 Å². The molecule has 0 saturated carbocycles. The Kier molecular flexibility index (Phi) is 4.68. The van der Waals surface area contributed by atoms with Crippen molar-refractivity contribution in [2.24, 2.45) is 5.41 Å². The van der Waals surface area contributed by atoms with E-state index in [9.17, 15) is 4.79 Å². The number of carbonyl (C=O) groups is 1. The van der Waals surface area contributed by atoms with Gasteiger partial charge in [0, 0.05) is 42.9 Å². The van der Waals surface area contributed by atoms with Gasteiger partial charge in [-0.3, -0.25) is 0 Å². The maximum absolute atomic E-state index is 12.7. The molecule has 1 atom stereocenters. The van der Waals surface area contributed by atoms with Gasteiger partial charge in [-0.15, -0.1) is 0 Å². The van der Waals surface area contributed by atoms with Crippen molar-refractivity contribution in [1.82, 2.24) is 24.9 Å². The van der Waals surface area contributed by atoms with E-state index in [2.05, 4.69) is 29.3 Å². The normalized spacial score (nSPS) is 22.7. The zero-order valence-corrected chi connectivity index (χ0v) is 16.5. The van der Waals surface area contributed by atoms with E-state index in [1.165, 1.54) is 6.42 Å². The second kappa shape index (κ2) is 7.00. The van der Waals surface area contributed by atoms with Crippen LogP contribution in [-0.4, -0.2) is 58.8 Å². The molecule has 2 saturated heterocycles. The minimum absolute atomic E-state index is 0.0488. The highest BCUT2D eigenvalue weighted by Crippen LogP contribution is 2.38. The van der Waals surface area contributed by atoms with Crippen LogP contribution in [0.2, 0.25) is 0 Å². The number of amides is 2. The number of hydrogen-bond donors (Lipinski definition) is 1. The van der Waals surface area contributed by atoms with Gasteiger partial charge in [0.2, 0.25) is 0 Å². The number of aryl methyl sites for hydroxylation is 1. The van der Waals surface area contributed by atoms with Crippen LogP contribution in [0.5, 0.6) is 0 Å². The summed E-state index contributed by atoms with van der Waals surface area (Å²) in [6.45, 7) is 8.59. The molecule has 0 radical (unpaired) electrons. The number of hydrogen-bond acceptors (Lipinski definition) is 3. The van der Waals surface area contributed by atoms with Crippen LogP contribution in [0.1, 0.15) is 29.8 Å². The molecule has 2 fully saturated rings. The van der Waals surface area contributed by atoms with Gasteiger partial charge in [0.05, 0.1) is 11.4 Å². The summed E-state index contributed by atoms with van der Waals surface area (Å²) in [7, 11) is 2.17. The highest BCUT2D eigenvalue weighted by Gasteiger charge is 2.43. The van der Waals surface area contributed by atoms with Crippen molar-refractivity contribution < 1.29 is 4.79 Å². The smallest absolute Gasteiger partial charge is 0.317 e. The molecule has 144 valence electrons. The molecule has 1 N–H and O–H groups in total. The Balaban J connectivity index is 1.41. The zero-order valence-electron chi connectivity index (χ0n) is 16.5. The summed E-state index contributed by atoms with van der Waals surface area (Å²) in [5, 5.41) is 7.79. The van der Waals surface area contributed by atoms with E-state index in [-0.39, 0.29) is 6.03 Å². The van der Waals surface area contributed by atoms with Crippen LogP contribution in [0.3, 0.4) is 0 Å². The molecule has 2 aliphatic heterocycles. The van der Waals surface area contributed by atoms with Crippen molar-refractivity contribution in [3.05, 3.63) is 47.3 Å². The Hall–Kier alpha value is -2.34. The van der Waals surface area contributed by atoms with Gasteiger partial charge in [-0.25, -0.2) is 9.48 Å². The predicted octanol–water partition coefficient (Wildman–Crippen LogP) is 2.73. The van der Waals surface area contributed by atoms with Crippen LogP contribution in [0, 0.1) is 19.3 Å². The average Bonchev–Trinajstić information content (AvgIpc) is 3.33. The Morgan fingerprint density at radius 2 is 1.89 bits per heavy atom. The monoisotopic (exact) mass is 367 g/mol. The van der Waals surface area contributed by atoms with E-state index in [1.54, 1.807) is 0 Å². The molecule has 27 heavy (non-hydrogen) atoms. The molecule has 4 rings (SSSR count). The van der Waals surface area contributed by atoms with E-state index in [4.69, 9.17) is 0 Å². The first-order chi connectivity index (χ1) is 13.0. The summed E-state index contributed by atoms with van der Waals surface area (Å²) < 4.78 is 1.95. The number of aromatic nitrogens is 2. The summed E-state index contributed by atoms with van der Waals surface area (Å²) in [4.78, 5) is 17.1. The molecular weight excluding hydrogens is 338 g/mol. The first-order valence-electron chi connectivity index (χ1n) is 9.79. The maximum Gasteiger partial charge on any atom is 0.317 e. The van der Waals surface area contributed by atoms with Gasteiger partial charge in [0.15, 0.2) is 0 Å². The Morgan fingerprint density at radius 3 is 2.59 bits per heavy atom. The fraction of sp³-hybridized carbons (Fsp3) is 0.524. The molecule has 2 aromatic rings. The molecule has 3 heterocycles. The summed E-state index contributed by atoms with van der Waals surface area (Å²) >= 11 is 0. The van der Waals surface area contributed by atoms with Crippen LogP contribution in [0.15, 0.2) is 30.3 Å². The minimum atomic E-state index is 0.0488. The Labute approximate surface area is 161 Å². The van der Waals surface area contributed by atoms with Crippen molar-refractivity contribution in [1.29, 1.82) is 0 Å². The zero-order chi connectivity index (χ0) is 19.0. The number of para-hydroxylation sites is 1. The summed E-state index contributed by atoms with van der Waals surface area (Å²) in [5.74, 6) is 0. The summed E-state index contributed by atoms with van der Waals surface area (Å²) in [6.07, 6.45) is 2.32. The topological polar surface area (TPSA) is 53.4 Å². The van der Waals surface area contributed by atoms with Crippen molar-refractivity contribution in [3.63, 3.8) is 0 Å². The third kappa shape index (κ3) is 3.46. The first kappa shape index (κ1) is 18.0. The van der Waals surface area contributed by atoms with Gasteiger partial charge in [-0.2, -0.15) is 5.10 Å². The number of rotatable bonds is 3. The third-order valence-electron chi connectivity index (χ3n) is 6.21. The largest absolute Gasteiger partial charge is 0.334 e. The molecule has 1 aromatic carbocycles. The average molecular weight is 367 g/mol. The quantitative estimate of drug-likeness (QED) is 0.908. The summed E-state index contributed by atoms with van der Waals surface area (Å²) in [6, 6.07) is 10.2. The van der Waals surface area contributed by atoms with Gasteiger partial charge in [-0.05, 0) is 52.4 Å². The lowest BCUT2D eigenvalue weighted by Crippen LogP contribution is -2.40. The molecule has 1 aromatic heterocycles. The van der Waals surface area contributed by atoms with Gasteiger partial charge in [0.1, 0.15) is 0 Å². The van der Waals surface area contributed by atoms with Crippen molar-refractivity contribution >= 4 is 6.03 Å². The van der Waals surface area contributed by atoms with Gasteiger partial charge in [0.25, 0.3) is 0 Å². The number of urea groups is 1. The SMILES string of the molecule is Cc1nn(-c2ccccc2)c(C)c1CNC(=O)N1CCC2(CCN(C)C2)C1. The lowest BCUT2D eigenvalue weighted by atomic mass is 9.86. The molecule has 1 spiro atoms. The predicted molar refractivity (Wildman–Crippen MR) is 106 cm³/mol. The fourth-order valence-electron chi connectivity index (χ4n) is 4.63. The highest BCUT2D eigenvalue weighted by atomic mass is 16.2. The van der Waals surface area contributed by atoms with Crippen molar-refractivity contribution in [2.75, 3.05) is 33.2 Å². The molecule has 0 bridgehead atoms. The molecule has 1 unspecified atom stereocenters.